The molecule has 0 aromatic heterocycles. The summed E-state index contributed by atoms with van der Waals surface area (Å²) in [6, 6.07) is 0. The van der Waals surface area contributed by atoms with Crippen LogP contribution in [0.15, 0.2) is 0 Å². The second-order valence-corrected chi connectivity index (χ2v) is 6.17. The molecule has 0 aromatic rings. The van der Waals surface area contributed by atoms with Gasteiger partial charge in [0.05, 0.1) is 24.0 Å². The number of aliphatic carboxylic acids is 1. The maximum absolute atomic E-state index is 12.4. The predicted molar refractivity (Wildman–Crippen MR) is 71.0 cm³/mol. The normalized spacial score (nSPS) is 32.8. The van der Waals surface area contributed by atoms with Crippen molar-refractivity contribution in [3.8, 4) is 0 Å². The average molecular weight is 285 g/mol. The zero-order chi connectivity index (χ0) is 14.8. The number of hydrogen-bond acceptors (Lipinski definition) is 4. The van der Waals surface area contributed by atoms with E-state index in [1.807, 2.05) is 6.92 Å². The van der Waals surface area contributed by atoms with Crippen LogP contribution in [0.5, 0.6) is 0 Å². The van der Waals surface area contributed by atoms with Crippen LogP contribution in [0, 0.1) is 17.8 Å². The summed E-state index contributed by atoms with van der Waals surface area (Å²) in [6.07, 6.45) is 2.27. The van der Waals surface area contributed by atoms with Gasteiger partial charge in [0.2, 0.25) is 5.91 Å². The van der Waals surface area contributed by atoms with E-state index >= 15 is 0 Å². The van der Waals surface area contributed by atoms with Gasteiger partial charge in [-0.2, -0.15) is 0 Å². The predicted octanol–water partition coefficient (Wildman–Crippen LogP) is 0.391. The second-order valence-electron chi connectivity index (χ2n) is 6.17. The number of nitrogens with one attached hydrogen (secondary N) is 1. The van der Waals surface area contributed by atoms with E-state index in [0.717, 1.165) is 0 Å². The number of carboxylic acid groups (broad SMARTS) is 1. The maximum atomic E-state index is 12.4. The van der Waals surface area contributed by atoms with Crippen LogP contribution in [-0.2, 0) is 14.3 Å². The molecule has 3 atom stereocenters. The van der Waals surface area contributed by atoms with Crippen LogP contribution in [0.4, 0.5) is 0 Å². The molecular formula is C14H23NO5. The molecule has 2 rings (SSSR count). The summed E-state index contributed by atoms with van der Waals surface area (Å²) in [6.45, 7) is 2.84. The maximum Gasteiger partial charge on any atom is 0.307 e. The Bertz CT molecular complexity index is 378. The summed E-state index contributed by atoms with van der Waals surface area (Å²) in [7, 11) is 0. The quantitative estimate of drug-likeness (QED) is 0.694. The molecule has 20 heavy (non-hydrogen) atoms. The van der Waals surface area contributed by atoms with Crippen molar-refractivity contribution >= 4 is 11.9 Å². The minimum Gasteiger partial charge on any atom is -0.481 e. The number of hydrogen-bond donors (Lipinski definition) is 3. The molecule has 2 fully saturated rings. The Kier molecular flexibility index (Phi) is 4.65. The minimum atomic E-state index is -0.903. The van der Waals surface area contributed by atoms with E-state index in [4.69, 9.17) is 4.74 Å². The molecule has 1 saturated heterocycles. The fourth-order valence-corrected chi connectivity index (χ4v) is 3.29. The zero-order valence-corrected chi connectivity index (χ0v) is 11.8. The summed E-state index contributed by atoms with van der Waals surface area (Å²) >= 11 is 0. The van der Waals surface area contributed by atoms with E-state index in [2.05, 4.69) is 5.32 Å². The lowest BCUT2D eigenvalue weighted by molar-refractivity contribution is -0.147. The van der Waals surface area contributed by atoms with Gasteiger partial charge in [-0.05, 0) is 31.6 Å². The smallest absolute Gasteiger partial charge is 0.307 e. The second kappa shape index (κ2) is 6.10. The SMILES string of the molecule is CC1C[C@H](C(=O)NC2(CO)CCOCC2)[C@H](C(=O)O)C1. The number of carbonyl (C=O) groups excluding carboxylic acids is 1. The number of carboxylic acids is 1. The van der Waals surface area contributed by atoms with Gasteiger partial charge in [-0.25, -0.2) is 0 Å². The molecule has 1 aliphatic carbocycles. The molecule has 0 radical (unpaired) electrons. The van der Waals surface area contributed by atoms with Crippen molar-refractivity contribution in [2.45, 2.75) is 38.1 Å². The highest BCUT2D eigenvalue weighted by atomic mass is 16.5. The molecule has 0 aromatic carbocycles. The van der Waals surface area contributed by atoms with Crippen molar-refractivity contribution in [2.75, 3.05) is 19.8 Å². The lowest BCUT2D eigenvalue weighted by Crippen LogP contribution is -2.56. The van der Waals surface area contributed by atoms with E-state index in [1.165, 1.54) is 0 Å². The molecule has 6 heteroatoms. The summed E-state index contributed by atoms with van der Waals surface area (Å²) < 4.78 is 5.25. The van der Waals surface area contributed by atoms with Gasteiger partial charge in [-0.1, -0.05) is 6.92 Å². The Morgan fingerprint density at radius 3 is 2.40 bits per heavy atom. The first-order chi connectivity index (χ1) is 9.47. The number of aliphatic hydroxyl groups is 1. The van der Waals surface area contributed by atoms with Gasteiger partial charge >= 0.3 is 5.97 Å². The van der Waals surface area contributed by atoms with Crippen LogP contribution in [0.2, 0.25) is 0 Å². The zero-order valence-electron chi connectivity index (χ0n) is 11.8. The summed E-state index contributed by atoms with van der Waals surface area (Å²) in [5.74, 6) is -2.00. The Labute approximate surface area is 118 Å². The number of carbonyl (C=O) groups is 2. The van der Waals surface area contributed by atoms with Crippen molar-refractivity contribution in [1.82, 2.24) is 5.32 Å². The van der Waals surface area contributed by atoms with Crippen LogP contribution >= 0.6 is 0 Å². The molecule has 1 saturated carbocycles. The lowest BCUT2D eigenvalue weighted by Gasteiger charge is -2.37. The molecule has 1 aliphatic heterocycles. The third-order valence-electron chi connectivity index (χ3n) is 4.59. The van der Waals surface area contributed by atoms with Gasteiger partial charge in [-0.15, -0.1) is 0 Å². The minimum absolute atomic E-state index is 0.137. The van der Waals surface area contributed by atoms with E-state index < -0.39 is 23.3 Å². The molecule has 1 heterocycles. The molecule has 0 spiro atoms. The van der Waals surface area contributed by atoms with Gasteiger partial charge in [-0.3, -0.25) is 9.59 Å². The fraction of sp³-hybridized carbons (Fsp3) is 0.857. The number of rotatable bonds is 4. The van der Waals surface area contributed by atoms with Crippen LogP contribution in [-0.4, -0.2) is 47.4 Å². The Morgan fingerprint density at radius 2 is 1.85 bits per heavy atom. The monoisotopic (exact) mass is 285 g/mol. The molecule has 114 valence electrons. The van der Waals surface area contributed by atoms with E-state index in [1.54, 1.807) is 0 Å². The summed E-state index contributed by atoms with van der Waals surface area (Å²) in [5, 5.41) is 21.7. The van der Waals surface area contributed by atoms with Gasteiger partial charge in [0.15, 0.2) is 0 Å². The van der Waals surface area contributed by atoms with Crippen molar-refractivity contribution in [2.24, 2.45) is 17.8 Å². The van der Waals surface area contributed by atoms with Crippen molar-refractivity contribution in [3.63, 3.8) is 0 Å². The van der Waals surface area contributed by atoms with Gasteiger partial charge in [0.25, 0.3) is 0 Å². The lowest BCUT2D eigenvalue weighted by atomic mass is 9.88. The first kappa shape index (κ1) is 15.3. The van der Waals surface area contributed by atoms with Crippen molar-refractivity contribution in [3.05, 3.63) is 0 Å². The summed E-state index contributed by atoms with van der Waals surface area (Å²) in [5.41, 5.74) is -0.649. The third kappa shape index (κ3) is 3.12. The van der Waals surface area contributed by atoms with Crippen molar-refractivity contribution < 1.29 is 24.5 Å². The van der Waals surface area contributed by atoms with Crippen LogP contribution in [0.3, 0.4) is 0 Å². The van der Waals surface area contributed by atoms with Crippen molar-refractivity contribution in [1.29, 1.82) is 0 Å². The molecular weight excluding hydrogens is 262 g/mol. The Morgan fingerprint density at radius 1 is 1.25 bits per heavy atom. The van der Waals surface area contributed by atoms with Gasteiger partial charge < -0.3 is 20.3 Å². The topological polar surface area (TPSA) is 95.9 Å². The van der Waals surface area contributed by atoms with E-state index in [9.17, 15) is 19.8 Å². The van der Waals surface area contributed by atoms with Crippen LogP contribution < -0.4 is 5.32 Å². The third-order valence-corrected chi connectivity index (χ3v) is 4.59. The highest BCUT2D eigenvalue weighted by molar-refractivity contribution is 5.85. The van der Waals surface area contributed by atoms with Gasteiger partial charge in [0, 0.05) is 13.2 Å². The molecule has 1 unspecified atom stereocenters. The molecule has 6 nitrogen and oxygen atoms in total. The Hall–Kier alpha value is -1.14. The number of ether oxygens (including phenoxy) is 1. The van der Waals surface area contributed by atoms with Crippen LogP contribution in [0.25, 0.3) is 0 Å². The summed E-state index contributed by atoms with van der Waals surface area (Å²) in [4.78, 5) is 23.7. The first-order valence-electron chi connectivity index (χ1n) is 7.21. The molecule has 2 aliphatic rings. The fourth-order valence-electron chi connectivity index (χ4n) is 3.29. The molecule has 1 amide bonds. The van der Waals surface area contributed by atoms with Gasteiger partial charge in [0.1, 0.15) is 0 Å². The number of amides is 1. The Balaban J connectivity index is 2.04. The highest BCUT2D eigenvalue weighted by Crippen LogP contribution is 2.37. The standard InChI is InChI=1S/C14H23NO5/c1-9-6-10(11(7-9)13(18)19)12(17)15-14(8-16)2-4-20-5-3-14/h9-11,16H,2-8H2,1H3,(H,15,17)(H,18,19)/t9?,10-,11+/m0/s1. The average Bonchev–Trinajstić information content (AvgIpc) is 2.82. The molecule has 0 bridgehead atoms. The highest BCUT2D eigenvalue weighted by Gasteiger charge is 2.44. The molecule has 3 N–H and O–H groups in total. The van der Waals surface area contributed by atoms with E-state index in [0.29, 0.717) is 38.9 Å². The largest absolute Gasteiger partial charge is 0.481 e. The van der Waals surface area contributed by atoms with Crippen LogP contribution in [0.1, 0.15) is 32.6 Å². The number of aliphatic hydroxyl groups excluding tert-OH is 1. The first-order valence-corrected chi connectivity index (χ1v) is 7.21. The van der Waals surface area contributed by atoms with E-state index in [-0.39, 0.29) is 18.4 Å².